The van der Waals surface area contributed by atoms with E-state index < -0.39 is 0 Å². The molecule has 1 aromatic heterocycles. The number of amides is 2. The molecular formula is C18H19Cl2N3O3. The summed E-state index contributed by atoms with van der Waals surface area (Å²) in [6, 6.07) is 8.41. The van der Waals surface area contributed by atoms with Crippen molar-refractivity contribution in [3.05, 3.63) is 52.1 Å². The van der Waals surface area contributed by atoms with Crippen LogP contribution in [0.2, 0.25) is 10.0 Å². The molecule has 2 amide bonds. The molecular weight excluding hydrogens is 377 g/mol. The highest BCUT2D eigenvalue weighted by molar-refractivity contribution is 6.35. The summed E-state index contributed by atoms with van der Waals surface area (Å²) in [6.07, 6.45) is 1.77. The molecule has 0 aliphatic carbocycles. The maximum atomic E-state index is 12.1. The first-order valence-corrected chi connectivity index (χ1v) is 8.65. The minimum atomic E-state index is -0.320. The Morgan fingerprint density at radius 2 is 2.00 bits per heavy atom. The van der Waals surface area contributed by atoms with E-state index in [0.29, 0.717) is 21.6 Å². The van der Waals surface area contributed by atoms with Crippen molar-refractivity contribution in [2.75, 3.05) is 25.5 Å². The van der Waals surface area contributed by atoms with E-state index in [4.69, 9.17) is 27.9 Å². The third-order valence-electron chi connectivity index (χ3n) is 3.45. The van der Waals surface area contributed by atoms with Crippen LogP contribution in [0.3, 0.4) is 0 Å². The molecule has 2 aromatic rings. The molecule has 2 rings (SSSR count). The first-order valence-electron chi connectivity index (χ1n) is 7.89. The molecule has 1 heterocycles. The molecule has 0 atom stereocenters. The molecule has 0 radical (unpaired) electrons. The lowest BCUT2D eigenvalue weighted by molar-refractivity contribution is -0.133. The number of ether oxygens (including phenoxy) is 1. The van der Waals surface area contributed by atoms with Gasteiger partial charge in [-0.1, -0.05) is 29.3 Å². The second-order valence-corrected chi connectivity index (χ2v) is 6.54. The number of pyridine rings is 1. The van der Waals surface area contributed by atoms with Crippen molar-refractivity contribution in [1.82, 2.24) is 9.88 Å². The van der Waals surface area contributed by atoms with Crippen molar-refractivity contribution in [1.29, 1.82) is 0 Å². The van der Waals surface area contributed by atoms with Crippen LogP contribution in [0.25, 0.3) is 0 Å². The van der Waals surface area contributed by atoms with Crippen LogP contribution in [0, 0.1) is 6.92 Å². The summed E-state index contributed by atoms with van der Waals surface area (Å²) in [6.45, 7) is 1.98. The van der Waals surface area contributed by atoms with Crippen molar-refractivity contribution in [3.63, 3.8) is 0 Å². The van der Waals surface area contributed by atoms with Crippen molar-refractivity contribution in [3.8, 4) is 5.75 Å². The van der Waals surface area contributed by atoms with E-state index in [1.807, 2.05) is 13.0 Å². The molecule has 0 bridgehead atoms. The smallest absolute Gasteiger partial charge is 0.245 e. The molecule has 0 saturated heterocycles. The molecule has 0 spiro atoms. The van der Waals surface area contributed by atoms with Crippen molar-refractivity contribution < 1.29 is 14.3 Å². The molecule has 26 heavy (non-hydrogen) atoms. The van der Waals surface area contributed by atoms with Gasteiger partial charge in [0.25, 0.3) is 0 Å². The molecule has 8 heteroatoms. The van der Waals surface area contributed by atoms with Crippen LogP contribution >= 0.6 is 23.2 Å². The number of hydrogen-bond acceptors (Lipinski definition) is 4. The number of halogens is 2. The largest absolute Gasteiger partial charge is 0.491 e. The third kappa shape index (κ3) is 6.20. The predicted octanol–water partition coefficient (Wildman–Crippen LogP) is 3.56. The summed E-state index contributed by atoms with van der Waals surface area (Å²) in [4.78, 5) is 29.5. The fourth-order valence-corrected chi connectivity index (χ4v) is 2.52. The Morgan fingerprint density at radius 3 is 2.65 bits per heavy atom. The number of aromatic nitrogens is 1. The van der Waals surface area contributed by atoms with Gasteiger partial charge in [-0.2, -0.15) is 0 Å². The first-order chi connectivity index (χ1) is 12.3. The summed E-state index contributed by atoms with van der Waals surface area (Å²) < 4.78 is 5.48. The van der Waals surface area contributed by atoms with E-state index >= 15 is 0 Å². The summed E-state index contributed by atoms with van der Waals surface area (Å²) in [5, 5.41) is 3.53. The van der Waals surface area contributed by atoms with Crippen molar-refractivity contribution >= 4 is 40.8 Å². The zero-order chi connectivity index (χ0) is 19.1. The van der Waals surface area contributed by atoms with Gasteiger partial charge in [0.1, 0.15) is 11.6 Å². The van der Waals surface area contributed by atoms with Crippen molar-refractivity contribution in [2.45, 2.75) is 13.3 Å². The lowest BCUT2D eigenvalue weighted by atomic mass is 10.3. The van der Waals surface area contributed by atoms with Crippen LogP contribution in [0.1, 0.15) is 12.0 Å². The molecule has 0 aliphatic rings. The average molecular weight is 396 g/mol. The summed E-state index contributed by atoms with van der Waals surface area (Å²) in [5.74, 6) is 0.359. The van der Waals surface area contributed by atoms with Gasteiger partial charge in [0.05, 0.1) is 24.6 Å². The molecule has 0 unspecified atom stereocenters. The van der Waals surface area contributed by atoms with Gasteiger partial charge in [0.2, 0.25) is 11.8 Å². The zero-order valence-electron chi connectivity index (χ0n) is 14.5. The molecule has 1 N–H and O–H groups in total. The number of rotatable bonds is 7. The van der Waals surface area contributed by atoms with Gasteiger partial charge in [0, 0.05) is 18.3 Å². The Kier molecular flexibility index (Phi) is 7.24. The molecule has 1 aromatic carbocycles. The number of benzene rings is 1. The van der Waals surface area contributed by atoms with Crippen LogP contribution in [-0.4, -0.2) is 41.9 Å². The lowest BCUT2D eigenvalue weighted by Crippen LogP contribution is -2.35. The second kappa shape index (κ2) is 9.40. The fourth-order valence-electron chi connectivity index (χ4n) is 2.06. The highest BCUT2D eigenvalue weighted by atomic mass is 35.5. The Labute approximate surface area is 162 Å². The SMILES string of the molecule is Cc1ccc(NC(=O)CN(C)C(=O)CCOc2ccc(Cl)cc2Cl)nc1. The number of carbonyl (C=O) groups is 2. The van der Waals surface area contributed by atoms with Crippen LogP contribution in [-0.2, 0) is 9.59 Å². The van der Waals surface area contributed by atoms with Gasteiger partial charge in [0.15, 0.2) is 0 Å². The molecule has 0 aliphatic heterocycles. The van der Waals surface area contributed by atoms with Crippen LogP contribution < -0.4 is 10.1 Å². The van der Waals surface area contributed by atoms with Gasteiger partial charge < -0.3 is 15.0 Å². The average Bonchev–Trinajstić information content (AvgIpc) is 2.58. The van der Waals surface area contributed by atoms with E-state index in [1.54, 1.807) is 37.5 Å². The second-order valence-electron chi connectivity index (χ2n) is 5.69. The number of carbonyl (C=O) groups excluding carboxylic acids is 2. The van der Waals surface area contributed by atoms with Gasteiger partial charge in [-0.3, -0.25) is 9.59 Å². The Balaban J connectivity index is 1.76. The predicted molar refractivity (Wildman–Crippen MR) is 102 cm³/mol. The lowest BCUT2D eigenvalue weighted by Gasteiger charge is -2.17. The topological polar surface area (TPSA) is 71.5 Å². The van der Waals surface area contributed by atoms with Gasteiger partial charge in [-0.15, -0.1) is 0 Å². The van der Waals surface area contributed by atoms with Gasteiger partial charge in [-0.25, -0.2) is 4.98 Å². The monoisotopic (exact) mass is 395 g/mol. The minimum absolute atomic E-state index is 0.0733. The van der Waals surface area contributed by atoms with Crippen LogP contribution in [0.15, 0.2) is 36.5 Å². The highest BCUT2D eigenvalue weighted by Crippen LogP contribution is 2.27. The maximum Gasteiger partial charge on any atom is 0.245 e. The fraction of sp³-hybridized carbons (Fsp3) is 0.278. The molecule has 0 fully saturated rings. The van der Waals surface area contributed by atoms with E-state index in [2.05, 4.69) is 10.3 Å². The maximum absolute atomic E-state index is 12.1. The highest BCUT2D eigenvalue weighted by Gasteiger charge is 2.14. The van der Waals surface area contributed by atoms with Crippen LogP contribution in [0.4, 0.5) is 5.82 Å². The van der Waals surface area contributed by atoms with E-state index in [-0.39, 0.29) is 31.4 Å². The zero-order valence-corrected chi connectivity index (χ0v) is 16.0. The number of hydrogen-bond donors (Lipinski definition) is 1. The van der Waals surface area contributed by atoms with Crippen LogP contribution in [0.5, 0.6) is 5.75 Å². The summed E-state index contributed by atoms with van der Waals surface area (Å²) in [7, 11) is 1.56. The number of nitrogens with zero attached hydrogens (tertiary/aromatic N) is 2. The minimum Gasteiger partial charge on any atom is -0.491 e. The first kappa shape index (κ1) is 20.0. The number of aryl methyl sites for hydroxylation is 1. The molecule has 6 nitrogen and oxygen atoms in total. The Morgan fingerprint density at radius 1 is 1.23 bits per heavy atom. The normalized spacial score (nSPS) is 10.3. The standard InChI is InChI=1S/C18H19Cl2N3O3/c1-12-3-6-16(21-10-12)22-17(24)11-23(2)18(25)7-8-26-15-5-4-13(19)9-14(15)20/h3-6,9-10H,7-8,11H2,1-2H3,(H,21,22,24). The quantitative estimate of drug-likeness (QED) is 0.777. The van der Waals surface area contributed by atoms with Crippen molar-refractivity contribution in [2.24, 2.45) is 0 Å². The van der Waals surface area contributed by atoms with E-state index in [1.165, 1.54) is 4.90 Å². The van der Waals surface area contributed by atoms with Gasteiger partial charge in [-0.05, 0) is 36.8 Å². The van der Waals surface area contributed by atoms with E-state index in [0.717, 1.165) is 5.56 Å². The number of anilines is 1. The number of nitrogens with one attached hydrogen (secondary N) is 1. The Bertz CT molecular complexity index is 782. The summed E-state index contributed by atoms with van der Waals surface area (Å²) in [5.41, 5.74) is 0.996. The summed E-state index contributed by atoms with van der Waals surface area (Å²) >= 11 is 11.8. The third-order valence-corrected chi connectivity index (χ3v) is 3.98. The van der Waals surface area contributed by atoms with Gasteiger partial charge >= 0.3 is 0 Å². The molecule has 0 saturated carbocycles. The van der Waals surface area contributed by atoms with E-state index in [9.17, 15) is 9.59 Å². The molecule has 138 valence electrons. The number of likely N-dealkylation sites (N-methyl/N-ethyl adjacent to an activating group) is 1. The Hall–Kier alpha value is -2.31.